The van der Waals surface area contributed by atoms with Gasteiger partial charge in [0.15, 0.2) is 0 Å². The fourth-order valence-electron chi connectivity index (χ4n) is 7.49. The van der Waals surface area contributed by atoms with E-state index in [-0.39, 0.29) is 5.41 Å². The lowest BCUT2D eigenvalue weighted by Gasteiger charge is -2.28. The van der Waals surface area contributed by atoms with Gasteiger partial charge in [-0.05, 0) is 99.1 Å². The average Bonchev–Trinajstić information content (AvgIpc) is 3.62. The lowest BCUT2D eigenvalue weighted by atomic mass is 9.82. The highest BCUT2D eigenvalue weighted by molar-refractivity contribution is 6.38. The molecule has 0 atom stereocenters. The number of fused-ring (bicyclic) bond motifs is 6. The highest BCUT2D eigenvalue weighted by Gasteiger charge is 2.35. The molecule has 0 fully saturated rings. The van der Waals surface area contributed by atoms with E-state index in [1.54, 1.807) is 0 Å². The summed E-state index contributed by atoms with van der Waals surface area (Å²) >= 11 is 6.87. The van der Waals surface area contributed by atoms with Crippen LogP contribution in [0.1, 0.15) is 25.0 Å². The summed E-state index contributed by atoms with van der Waals surface area (Å²) in [4.78, 5) is 2.35. The van der Waals surface area contributed by atoms with E-state index in [0.717, 1.165) is 50.1 Å². The summed E-state index contributed by atoms with van der Waals surface area (Å²) in [7, 11) is 0. The normalized spacial score (nSPS) is 13.1. The van der Waals surface area contributed by atoms with Gasteiger partial charge in [-0.1, -0.05) is 129 Å². The van der Waals surface area contributed by atoms with Crippen LogP contribution in [0.2, 0.25) is 5.02 Å². The molecule has 2 nitrogen and oxygen atoms in total. The van der Waals surface area contributed by atoms with Gasteiger partial charge in [0.1, 0.15) is 11.2 Å². The summed E-state index contributed by atoms with van der Waals surface area (Å²) in [6, 6.07) is 56.1. The van der Waals surface area contributed by atoms with Crippen LogP contribution in [0.5, 0.6) is 0 Å². The van der Waals surface area contributed by atoms with Crippen molar-refractivity contribution in [1.82, 2.24) is 0 Å². The molecule has 0 saturated carbocycles. The van der Waals surface area contributed by atoms with Crippen LogP contribution in [-0.4, -0.2) is 0 Å². The smallest absolute Gasteiger partial charge is 0.137 e. The number of nitrogens with zero attached hydrogens (tertiary/aromatic N) is 1. The SMILES string of the molecule is CC1(C)c2ccccc2-c2ccc(N(c3ccc(-c4ccccc4)cc3)c3ccc(-c4cc(Cl)c5c(c4)oc4ccccc45)cc3)cc21. The van der Waals surface area contributed by atoms with Crippen molar-refractivity contribution in [3.05, 3.63) is 174 Å². The van der Waals surface area contributed by atoms with Crippen molar-refractivity contribution >= 4 is 50.6 Å². The molecule has 0 amide bonds. The quantitative estimate of drug-likeness (QED) is 0.187. The maximum Gasteiger partial charge on any atom is 0.137 e. The molecule has 1 aliphatic rings. The molecule has 1 heterocycles. The molecule has 0 radical (unpaired) electrons. The Bertz CT molecular complexity index is 2470. The molecular weight excluding hydrogens is 606 g/mol. The van der Waals surface area contributed by atoms with Gasteiger partial charge < -0.3 is 9.32 Å². The highest BCUT2D eigenvalue weighted by atomic mass is 35.5. The molecule has 0 bridgehead atoms. The minimum absolute atomic E-state index is 0.0940. The molecule has 48 heavy (non-hydrogen) atoms. The third-order valence-corrected chi connectivity index (χ3v) is 10.2. The summed E-state index contributed by atoms with van der Waals surface area (Å²) in [5, 5.41) is 2.69. The largest absolute Gasteiger partial charge is 0.456 e. The van der Waals surface area contributed by atoms with E-state index in [9.17, 15) is 0 Å². The highest BCUT2D eigenvalue weighted by Crippen LogP contribution is 2.50. The van der Waals surface area contributed by atoms with Crippen LogP contribution < -0.4 is 4.90 Å². The fraction of sp³-hybridized carbons (Fsp3) is 0.0667. The Morgan fingerprint density at radius 2 is 1.06 bits per heavy atom. The first kappa shape index (κ1) is 28.6. The van der Waals surface area contributed by atoms with Crippen molar-refractivity contribution in [3.63, 3.8) is 0 Å². The van der Waals surface area contributed by atoms with E-state index < -0.39 is 0 Å². The number of hydrogen-bond acceptors (Lipinski definition) is 2. The lowest BCUT2D eigenvalue weighted by Crippen LogP contribution is -2.16. The predicted molar refractivity (Wildman–Crippen MR) is 202 cm³/mol. The van der Waals surface area contributed by atoms with Crippen molar-refractivity contribution in [2.24, 2.45) is 0 Å². The van der Waals surface area contributed by atoms with Gasteiger partial charge >= 0.3 is 0 Å². The summed E-state index contributed by atoms with van der Waals surface area (Å²) < 4.78 is 6.20. The minimum atomic E-state index is -0.0940. The average molecular weight is 638 g/mol. The van der Waals surface area contributed by atoms with Gasteiger partial charge in [-0.2, -0.15) is 0 Å². The Morgan fingerprint density at radius 1 is 0.479 bits per heavy atom. The van der Waals surface area contributed by atoms with Gasteiger partial charge in [0, 0.05) is 33.2 Å². The molecule has 3 heteroatoms. The summed E-state index contributed by atoms with van der Waals surface area (Å²) in [5.41, 5.74) is 14.7. The molecule has 7 aromatic carbocycles. The second-order valence-electron chi connectivity index (χ2n) is 13.1. The van der Waals surface area contributed by atoms with E-state index in [1.807, 2.05) is 24.3 Å². The zero-order valence-corrected chi connectivity index (χ0v) is 27.5. The Hall–Kier alpha value is -5.57. The third kappa shape index (κ3) is 4.56. The number of para-hydroxylation sites is 1. The van der Waals surface area contributed by atoms with Gasteiger partial charge in [-0.15, -0.1) is 0 Å². The van der Waals surface area contributed by atoms with Gasteiger partial charge in [0.05, 0.1) is 5.02 Å². The molecule has 0 aliphatic heterocycles. The molecule has 0 N–H and O–H groups in total. The Balaban J connectivity index is 1.14. The zero-order chi connectivity index (χ0) is 32.4. The Labute approximate surface area is 285 Å². The van der Waals surface area contributed by atoms with Gasteiger partial charge in [-0.3, -0.25) is 0 Å². The van der Waals surface area contributed by atoms with E-state index in [0.29, 0.717) is 5.02 Å². The van der Waals surface area contributed by atoms with Crippen molar-refractivity contribution in [3.8, 4) is 33.4 Å². The first-order valence-corrected chi connectivity index (χ1v) is 16.7. The van der Waals surface area contributed by atoms with Crippen molar-refractivity contribution in [2.75, 3.05) is 4.90 Å². The lowest BCUT2D eigenvalue weighted by molar-refractivity contribution is 0.660. The molecule has 1 aliphatic carbocycles. The van der Waals surface area contributed by atoms with E-state index >= 15 is 0 Å². The van der Waals surface area contributed by atoms with Crippen LogP contribution in [0, 0.1) is 0 Å². The van der Waals surface area contributed by atoms with E-state index in [2.05, 4.69) is 152 Å². The molecular formula is C45H32ClNO. The summed E-state index contributed by atoms with van der Waals surface area (Å²) in [5.74, 6) is 0. The van der Waals surface area contributed by atoms with Crippen LogP contribution in [0.25, 0.3) is 55.3 Å². The Morgan fingerprint density at radius 3 is 1.81 bits per heavy atom. The van der Waals surface area contributed by atoms with Crippen LogP contribution in [0.4, 0.5) is 17.1 Å². The van der Waals surface area contributed by atoms with Crippen molar-refractivity contribution in [2.45, 2.75) is 19.3 Å². The number of benzene rings is 7. The Kier molecular flexibility index (Phi) is 6.57. The fourth-order valence-corrected chi connectivity index (χ4v) is 7.80. The van der Waals surface area contributed by atoms with Gasteiger partial charge in [0.2, 0.25) is 0 Å². The van der Waals surface area contributed by atoms with Crippen molar-refractivity contribution < 1.29 is 4.42 Å². The van der Waals surface area contributed by atoms with Gasteiger partial charge in [-0.25, -0.2) is 0 Å². The first-order chi connectivity index (χ1) is 23.5. The van der Waals surface area contributed by atoms with Gasteiger partial charge in [0.25, 0.3) is 0 Å². The predicted octanol–water partition coefficient (Wildman–Crippen LogP) is 13.3. The molecule has 8 aromatic rings. The van der Waals surface area contributed by atoms with Crippen LogP contribution >= 0.6 is 11.6 Å². The van der Waals surface area contributed by atoms with Crippen LogP contribution in [-0.2, 0) is 5.41 Å². The molecule has 230 valence electrons. The van der Waals surface area contributed by atoms with E-state index in [1.165, 1.54) is 33.4 Å². The monoisotopic (exact) mass is 637 g/mol. The summed E-state index contributed by atoms with van der Waals surface area (Å²) in [6.07, 6.45) is 0. The zero-order valence-electron chi connectivity index (χ0n) is 26.7. The molecule has 0 unspecified atom stereocenters. The maximum atomic E-state index is 6.87. The summed E-state index contributed by atoms with van der Waals surface area (Å²) in [6.45, 7) is 4.67. The number of rotatable bonds is 5. The number of furan rings is 1. The molecule has 0 saturated heterocycles. The number of halogens is 1. The minimum Gasteiger partial charge on any atom is -0.456 e. The standard InChI is InChI=1S/C45H32ClNO/c1-45(2)39-14-8-6-12-36(39)37-25-24-35(28-40(37)45)47(33-20-16-30(17-21-33)29-10-4-3-5-11-29)34-22-18-31(19-23-34)32-26-41(46)44-38-13-7-9-15-42(38)48-43(44)27-32/h3-28H,1-2H3. The second kappa shape index (κ2) is 11.0. The second-order valence-corrected chi connectivity index (χ2v) is 13.5. The van der Waals surface area contributed by atoms with E-state index in [4.69, 9.17) is 16.0 Å². The van der Waals surface area contributed by atoms with Crippen molar-refractivity contribution in [1.29, 1.82) is 0 Å². The molecule has 0 spiro atoms. The maximum absolute atomic E-state index is 6.87. The number of anilines is 3. The van der Waals surface area contributed by atoms with Crippen LogP contribution in [0.3, 0.4) is 0 Å². The number of hydrogen-bond donors (Lipinski definition) is 0. The topological polar surface area (TPSA) is 16.4 Å². The first-order valence-electron chi connectivity index (χ1n) is 16.4. The molecule has 9 rings (SSSR count). The molecule has 1 aromatic heterocycles. The van der Waals surface area contributed by atoms with Crippen LogP contribution in [0.15, 0.2) is 162 Å². The third-order valence-electron chi connectivity index (χ3n) is 9.95.